The lowest BCUT2D eigenvalue weighted by Gasteiger charge is -2.44. The van der Waals surface area contributed by atoms with Gasteiger partial charge >= 0.3 is 0 Å². The van der Waals surface area contributed by atoms with Crippen LogP contribution in [0.3, 0.4) is 0 Å². The fraction of sp³-hybridized carbons (Fsp3) is 0.100. The fourth-order valence-corrected chi connectivity index (χ4v) is 5.92. The molecule has 1 atom stereocenters. The summed E-state index contributed by atoms with van der Waals surface area (Å²) in [5.41, 5.74) is 10.7. The number of aromatic nitrogens is 2. The molecule has 6 nitrogen and oxygen atoms in total. The Morgan fingerprint density at radius 3 is 2.61 bits per heavy atom. The molecule has 1 radical (unpaired) electrons. The van der Waals surface area contributed by atoms with Crippen molar-refractivity contribution in [1.82, 2.24) is 15.6 Å². The molecule has 0 bridgehead atoms. The van der Waals surface area contributed by atoms with Crippen LogP contribution in [0, 0.1) is 0 Å². The predicted molar refractivity (Wildman–Crippen MR) is 141 cm³/mol. The number of hydrogen-bond acceptors (Lipinski definition) is 4. The second kappa shape index (κ2) is 7.15. The van der Waals surface area contributed by atoms with Gasteiger partial charge in [-0.15, -0.1) is 0 Å². The van der Waals surface area contributed by atoms with E-state index in [0.29, 0.717) is 0 Å². The quantitative estimate of drug-likeness (QED) is 0.334. The topological polar surface area (TPSA) is 62.4 Å². The summed E-state index contributed by atoms with van der Waals surface area (Å²) >= 11 is 0. The number of para-hydroxylation sites is 3. The largest absolute Gasteiger partial charge is 0.456 e. The summed E-state index contributed by atoms with van der Waals surface area (Å²) in [5, 5.41) is 12.2. The van der Waals surface area contributed by atoms with Crippen LogP contribution in [0.15, 0.2) is 108 Å². The summed E-state index contributed by atoms with van der Waals surface area (Å²) in [5.74, 6) is 1.59. The summed E-state index contributed by atoms with van der Waals surface area (Å²) in [6, 6.07) is 35.5. The zero-order valence-corrected chi connectivity index (χ0v) is 19.4. The number of furan rings is 1. The van der Waals surface area contributed by atoms with Crippen LogP contribution in [0.1, 0.15) is 16.9 Å². The molecule has 6 heteroatoms. The van der Waals surface area contributed by atoms with E-state index in [9.17, 15) is 0 Å². The van der Waals surface area contributed by atoms with E-state index in [1.165, 1.54) is 11.3 Å². The minimum atomic E-state index is -0.847. The van der Waals surface area contributed by atoms with E-state index in [1.807, 2.05) is 42.5 Å². The number of anilines is 2. The number of nitrogens with one attached hydrogen (secondary N) is 1. The molecular formula is C30H22N5O. The maximum Gasteiger partial charge on any atom is 0.223 e. The van der Waals surface area contributed by atoms with Gasteiger partial charge in [0.05, 0.1) is 11.2 Å². The molecule has 0 spiro atoms. The normalized spacial score (nSPS) is 18.6. The van der Waals surface area contributed by atoms with Crippen LogP contribution >= 0.6 is 0 Å². The summed E-state index contributed by atoms with van der Waals surface area (Å²) in [4.78, 5) is 2.44. The fourth-order valence-electron chi connectivity index (χ4n) is 5.92. The van der Waals surface area contributed by atoms with E-state index < -0.39 is 5.66 Å². The Balaban J connectivity index is 1.49. The van der Waals surface area contributed by atoms with Crippen LogP contribution in [-0.4, -0.2) is 16.7 Å². The van der Waals surface area contributed by atoms with Gasteiger partial charge in [-0.3, -0.25) is 5.10 Å². The average molecular weight is 469 g/mol. The SMILES string of the molecule is c1ccc2c(c1)CCN2C1(c2cc3ccccc3o2)c2ccccc2[N]N1c1n[nH]c2ccccc12. The standard InChI is InChI=1S/C30H22N5O/c1-7-15-26-20(9-1)17-18-34(26)30(28-19-21-10-2-8-16-27(21)36-28)23-12-4-6-14-25(23)33-35(30)29-22-11-3-5-13-24(22)31-32-29/h1-16,19H,17-18H2,(H,31,32). The molecule has 4 heterocycles. The molecule has 1 unspecified atom stereocenters. The van der Waals surface area contributed by atoms with Crippen molar-refractivity contribution in [1.29, 1.82) is 0 Å². The number of aromatic amines is 1. The molecular weight excluding hydrogens is 446 g/mol. The van der Waals surface area contributed by atoms with Crippen molar-refractivity contribution >= 4 is 39.1 Å². The lowest BCUT2D eigenvalue weighted by molar-refractivity contribution is 0.372. The second-order valence-electron chi connectivity index (χ2n) is 9.37. The maximum absolute atomic E-state index is 6.70. The highest BCUT2D eigenvalue weighted by atomic mass is 16.3. The van der Waals surface area contributed by atoms with Crippen molar-refractivity contribution in [2.24, 2.45) is 0 Å². The molecule has 36 heavy (non-hydrogen) atoms. The molecule has 0 saturated heterocycles. The number of H-pyrrole nitrogens is 1. The molecule has 0 fully saturated rings. The van der Waals surface area contributed by atoms with Gasteiger partial charge in [0.15, 0.2) is 11.6 Å². The Kier molecular flexibility index (Phi) is 3.89. The van der Waals surface area contributed by atoms with Crippen molar-refractivity contribution in [3.8, 4) is 0 Å². The average Bonchev–Trinajstić information content (AvgIpc) is 3.70. The third-order valence-electron chi connectivity index (χ3n) is 7.49. The van der Waals surface area contributed by atoms with Gasteiger partial charge in [-0.1, -0.05) is 66.7 Å². The van der Waals surface area contributed by atoms with E-state index in [-0.39, 0.29) is 0 Å². The first kappa shape index (κ1) is 19.6. The van der Waals surface area contributed by atoms with E-state index >= 15 is 0 Å². The third kappa shape index (κ3) is 2.48. The summed E-state index contributed by atoms with van der Waals surface area (Å²) in [6.45, 7) is 0.832. The lowest BCUT2D eigenvalue weighted by atomic mass is 9.93. The van der Waals surface area contributed by atoms with Crippen LogP contribution in [-0.2, 0) is 12.1 Å². The highest BCUT2D eigenvalue weighted by molar-refractivity contribution is 5.92. The Bertz CT molecular complexity index is 1740. The Morgan fingerprint density at radius 2 is 1.64 bits per heavy atom. The molecule has 173 valence electrons. The first-order valence-corrected chi connectivity index (χ1v) is 12.2. The van der Waals surface area contributed by atoms with Gasteiger partial charge < -0.3 is 9.32 Å². The number of rotatable bonds is 3. The first-order chi connectivity index (χ1) is 17.8. The van der Waals surface area contributed by atoms with Crippen molar-refractivity contribution in [3.63, 3.8) is 0 Å². The lowest BCUT2D eigenvalue weighted by Crippen LogP contribution is -2.57. The summed E-state index contributed by atoms with van der Waals surface area (Å²) in [7, 11) is 0. The number of benzene rings is 4. The zero-order valence-electron chi connectivity index (χ0n) is 19.4. The molecule has 2 aromatic heterocycles. The number of fused-ring (bicyclic) bond motifs is 4. The highest BCUT2D eigenvalue weighted by Crippen LogP contribution is 2.54. The Hall–Kier alpha value is -4.71. The van der Waals surface area contributed by atoms with Gasteiger partial charge in [0.1, 0.15) is 5.58 Å². The molecule has 0 aliphatic carbocycles. The van der Waals surface area contributed by atoms with Gasteiger partial charge in [-0.05, 0) is 48.4 Å². The van der Waals surface area contributed by atoms with Crippen molar-refractivity contribution in [2.45, 2.75) is 12.1 Å². The molecule has 4 aromatic carbocycles. The Labute approximate surface area is 207 Å². The second-order valence-corrected chi connectivity index (χ2v) is 9.37. The number of hydrogen-bond donors (Lipinski definition) is 1. The predicted octanol–water partition coefficient (Wildman–Crippen LogP) is 6.24. The van der Waals surface area contributed by atoms with Gasteiger partial charge in [-0.2, -0.15) is 10.5 Å². The Morgan fingerprint density at radius 1 is 0.833 bits per heavy atom. The van der Waals surface area contributed by atoms with Crippen LogP contribution in [0.4, 0.5) is 17.2 Å². The van der Waals surface area contributed by atoms with E-state index in [2.05, 4.69) is 75.7 Å². The smallest absolute Gasteiger partial charge is 0.223 e. The van der Waals surface area contributed by atoms with Crippen LogP contribution in [0.2, 0.25) is 0 Å². The summed E-state index contributed by atoms with van der Waals surface area (Å²) < 4.78 is 6.70. The van der Waals surface area contributed by atoms with Gasteiger partial charge in [0.2, 0.25) is 5.66 Å². The number of nitrogens with zero attached hydrogens (tertiary/aromatic N) is 4. The highest BCUT2D eigenvalue weighted by Gasteiger charge is 2.57. The van der Waals surface area contributed by atoms with Crippen molar-refractivity contribution < 1.29 is 4.42 Å². The first-order valence-electron chi connectivity index (χ1n) is 12.2. The van der Waals surface area contributed by atoms with E-state index in [1.54, 1.807) is 0 Å². The van der Waals surface area contributed by atoms with Gasteiger partial charge in [0, 0.05) is 28.6 Å². The molecule has 0 saturated carbocycles. The van der Waals surface area contributed by atoms with Crippen molar-refractivity contribution in [2.75, 3.05) is 16.5 Å². The van der Waals surface area contributed by atoms with Crippen LogP contribution in [0.25, 0.3) is 21.9 Å². The minimum Gasteiger partial charge on any atom is -0.456 e. The maximum atomic E-state index is 6.70. The monoisotopic (exact) mass is 468 g/mol. The van der Waals surface area contributed by atoms with Crippen molar-refractivity contribution in [3.05, 3.63) is 120 Å². The summed E-state index contributed by atoms with van der Waals surface area (Å²) in [6.07, 6.45) is 0.954. The minimum absolute atomic E-state index is 0.770. The molecule has 6 aromatic rings. The van der Waals surface area contributed by atoms with E-state index in [4.69, 9.17) is 14.9 Å². The molecule has 1 N–H and O–H groups in total. The van der Waals surface area contributed by atoms with Crippen LogP contribution in [0.5, 0.6) is 0 Å². The van der Waals surface area contributed by atoms with Gasteiger partial charge in [0.25, 0.3) is 0 Å². The molecule has 2 aliphatic heterocycles. The third-order valence-corrected chi connectivity index (χ3v) is 7.49. The molecule has 8 rings (SSSR count). The molecule has 0 amide bonds. The van der Waals surface area contributed by atoms with Crippen LogP contribution < -0.4 is 15.3 Å². The van der Waals surface area contributed by atoms with Gasteiger partial charge in [-0.25, -0.2) is 5.01 Å². The molecule has 2 aliphatic rings. The van der Waals surface area contributed by atoms with E-state index in [0.717, 1.165) is 57.7 Å². The zero-order chi connectivity index (χ0) is 23.7.